The quantitative estimate of drug-likeness (QED) is 0.708. The van der Waals surface area contributed by atoms with Gasteiger partial charge in [0, 0.05) is 5.69 Å². The van der Waals surface area contributed by atoms with Crippen molar-refractivity contribution in [1.29, 1.82) is 0 Å². The van der Waals surface area contributed by atoms with Gasteiger partial charge in [0.2, 0.25) is 5.91 Å². The minimum absolute atomic E-state index is 0.00872. The predicted molar refractivity (Wildman–Crippen MR) is 100 cm³/mol. The molecular weight excluding hydrogens is 294 g/mol. The van der Waals surface area contributed by atoms with Crippen LogP contribution < -0.4 is 5.32 Å². The van der Waals surface area contributed by atoms with Gasteiger partial charge in [-0.3, -0.25) is 4.79 Å². The molecule has 0 atom stereocenters. The van der Waals surface area contributed by atoms with Gasteiger partial charge in [0.15, 0.2) is 0 Å². The first-order chi connectivity index (χ1) is 11.6. The fraction of sp³-hybridized carbons (Fsp3) is 0.136. The molecule has 3 aromatic rings. The summed E-state index contributed by atoms with van der Waals surface area (Å²) in [5, 5.41) is 2.99. The molecular formula is C22H21NO. The van der Waals surface area contributed by atoms with Crippen LogP contribution in [0.1, 0.15) is 16.7 Å². The maximum Gasteiger partial charge on any atom is 0.228 e. The van der Waals surface area contributed by atoms with Crippen LogP contribution in [0.3, 0.4) is 0 Å². The molecule has 0 heterocycles. The summed E-state index contributed by atoms with van der Waals surface area (Å²) >= 11 is 0. The largest absolute Gasteiger partial charge is 0.326 e. The topological polar surface area (TPSA) is 29.1 Å². The van der Waals surface area contributed by atoms with Gasteiger partial charge in [0.05, 0.1) is 6.42 Å². The van der Waals surface area contributed by atoms with Crippen LogP contribution in [-0.4, -0.2) is 5.91 Å². The predicted octanol–water partition coefficient (Wildman–Crippen LogP) is 5.15. The van der Waals surface area contributed by atoms with Crippen LogP contribution in [0, 0.1) is 13.8 Å². The Hall–Kier alpha value is -2.87. The number of aryl methyl sites for hydroxylation is 2. The lowest BCUT2D eigenvalue weighted by molar-refractivity contribution is -0.115. The molecule has 3 rings (SSSR count). The van der Waals surface area contributed by atoms with E-state index in [1.807, 2.05) is 56.3 Å². The Kier molecular flexibility index (Phi) is 4.76. The van der Waals surface area contributed by atoms with E-state index in [0.717, 1.165) is 22.4 Å². The molecule has 0 saturated heterocycles. The summed E-state index contributed by atoms with van der Waals surface area (Å²) in [5.41, 5.74) is 6.52. The second kappa shape index (κ2) is 7.14. The second-order valence-electron chi connectivity index (χ2n) is 6.11. The number of carbonyl (C=O) groups is 1. The molecule has 0 aliphatic carbocycles. The van der Waals surface area contributed by atoms with Crippen molar-refractivity contribution >= 4 is 11.6 Å². The minimum Gasteiger partial charge on any atom is -0.326 e. The van der Waals surface area contributed by atoms with Gasteiger partial charge >= 0.3 is 0 Å². The van der Waals surface area contributed by atoms with E-state index >= 15 is 0 Å². The summed E-state index contributed by atoms with van der Waals surface area (Å²) in [7, 11) is 0. The number of carbonyl (C=O) groups excluding carboxylic acids is 1. The first kappa shape index (κ1) is 16.0. The van der Waals surface area contributed by atoms with Crippen LogP contribution in [0.25, 0.3) is 11.1 Å². The number of anilines is 1. The highest BCUT2D eigenvalue weighted by atomic mass is 16.1. The summed E-state index contributed by atoms with van der Waals surface area (Å²) in [6, 6.07) is 24.4. The molecule has 0 aliphatic rings. The van der Waals surface area contributed by atoms with Gasteiger partial charge in [-0.15, -0.1) is 0 Å². The van der Waals surface area contributed by atoms with Crippen molar-refractivity contribution in [3.8, 4) is 11.1 Å². The van der Waals surface area contributed by atoms with Gasteiger partial charge in [0.25, 0.3) is 0 Å². The monoisotopic (exact) mass is 315 g/mol. The second-order valence-corrected chi connectivity index (χ2v) is 6.11. The first-order valence-corrected chi connectivity index (χ1v) is 8.13. The number of rotatable bonds is 4. The van der Waals surface area contributed by atoms with Crippen molar-refractivity contribution in [2.24, 2.45) is 0 Å². The summed E-state index contributed by atoms with van der Waals surface area (Å²) in [6.45, 7) is 4.06. The van der Waals surface area contributed by atoms with Crippen LogP contribution in [0.2, 0.25) is 0 Å². The Morgan fingerprint density at radius 1 is 0.833 bits per heavy atom. The van der Waals surface area contributed by atoms with Crippen molar-refractivity contribution in [3.63, 3.8) is 0 Å². The van der Waals surface area contributed by atoms with E-state index in [-0.39, 0.29) is 5.91 Å². The molecule has 3 aromatic carbocycles. The molecule has 2 heteroatoms. The highest BCUT2D eigenvalue weighted by Gasteiger charge is 2.06. The minimum atomic E-state index is 0.00872. The van der Waals surface area contributed by atoms with Gasteiger partial charge in [-0.05, 0) is 42.2 Å². The van der Waals surface area contributed by atoms with E-state index in [1.54, 1.807) is 0 Å². The Labute approximate surface area is 143 Å². The Bertz CT molecular complexity index is 836. The molecule has 1 amide bonds. The van der Waals surface area contributed by atoms with E-state index in [9.17, 15) is 4.79 Å². The zero-order chi connectivity index (χ0) is 16.9. The highest BCUT2D eigenvalue weighted by molar-refractivity contribution is 5.93. The smallest absolute Gasteiger partial charge is 0.228 e. The molecule has 0 unspecified atom stereocenters. The van der Waals surface area contributed by atoms with Gasteiger partial charge in [-0.2, -0.15) is 0 Å². The first-order valence-electron chi connectivity index (χ1n) is 8.13. The van der Waals surface area contributed by atoms with Crippen molar-refractivity contribution < 1.29 is 4.79 Å². The molecule has 0 fully saturated rings. The molecule has 0 bridgehead atoms. The molecule has 120 valence electrons. The molecule has 24 heavy (non-hydrogen) atoms. The standard InChI is InChI=1S/C22H21NO/c1-16-8-13-21(17(2)14-16)23-22(24)15-18-9-11-20(12-10-18)19-6-4-3-5-7-19/h3-14H,15H2,1-2H3,(H,23,24). The van der Waals surface area contributed by atoms with Gasteiger partial charge in [-0.1, -0.05) is 72.3 Å². The Morgan fingerprint density at radius 3 is 2.17 bits per heavy atom. The van der Waals surface area contributed by atoms with Crippen molar-refractivity contribution in [1.82, 2.24) is 0 Å². The van der Waals surface area contributed by atoms with Crippen LogP contribution in [0.4, 0.5) is 5.69 Å². The van der Waals surface area contributed by atoms with E-state index in [0.29, 0.717) is 6.42 Å². The van der Waals surface area contributed by atoms with Crippen molar-refractivity contribution in [2.45, 2.75) is 20.3 Å². The summed E-state index contributed by atoms with van der Waals surface area (Å²) in [5.74, 6) is 0.00872. The van der Waals surface area contributed by atoms with Gasteiger partial charge in [0.1, 0.15) is 0 Å². The zero-order valence-corrected chi connectivity index (χ0v) is 14.0. The number of benzene rings is 3. The maximum absolute atomic E-state index is 12.3. The molecule has 0 radical (unpaired) electrons. The van der Waals surface area contributed by atoms with E-state index in [1.165, 1.54) is 11.1 Å². The van der Waals surface area contributed by atoms with Crippen LogP contribution >= 0.6 is 0 Å². The summed E-state index contributed by atoms with van der Waals surface area (Å²) < 4.78 is 0. The third-order valence-corrected chi connectivity index (χ3v) is 4.08. The summed E-state index contributed by atoms with van der Waals surface area (Å²) in [6.07, 6.45) is 0.377. The summed E-state index contributed by atoms with van der Waals surface area (Å²) in [4.78, 5) is 12.3. The molecule has 0 aromatic heterocycles. The number of nitrogens with one attached hydrogen (secondary N) is 1. The number of amides is 1. The third-order valence-electron chi connectivity index (χ3n) is 4.08. The molecule has 0 saturated carbocycles. The lowest BCUT2D eigenvalue weighted by Crippen LogP contribution is -2.15. The van der Waals surface area contributed by atoms with E-state index < -0.39 is 0 Å². The average molecular weight is 315 g/mol. The third kappa shape index (κ3) is 3.90. The zero-order valence-electron chi connectivity index (χ0n) is 14.0. The Morgan fingerprint density at radius 2 is 1.50 bits per heavy atom. The van der Waals surface area contributed by atoms with Crippen molar-refractivity contribution in [2.75, 3.05) is 5.32 Å². The molecule has 2 nitrogen and oxygen atoms in total. The number of hydrogen-bond acceptors (Lipinski definition) is 1. The number of hydrogen-bond donors (Lipinski definition) is 1. The molecule has 0 spiro atoms. The van der Waals surface area contributed by atoms with Gasteiger partial charge < -0.3 is 5.32 Å². The SMILES string of the molecule is Cc1ccc(NC(=O)Cc2ccc(-c3ccccc3)cc2)c(C)c1. The van der Waals surface area contributed by atoms with Gasteiger partial charge in [-0.25, -0.2) is 0 Å². The molecule has 0 aliphatic heterocycles. The van der Waals surface area contributed by atoms with Crippen LogP contribution in [-0.2, 0) is 11.2 Å². The lowest BCUT2D eigenvalue weighted by atomic mass is 10.0. The molecule has 1 N–H and O–H groups in total. The van der Waals surface area contributed by atoms with E-state index in [2.05, 4.69) is 35.6 Å². The highest BCUT2D eigenvalue weighted by Crippen LogP contribution is 2.20. The lowest BCUT2D eigenvalue weighted by Gasteiger charge is -2.09. The van der Waals surface area contributed by atoms with E-state index in [4.69, 9.17) is 0 Å². The fourth-order valence-electron chi connectivity index (χ4n) is 2.78. The van der Waals surface area contributed by atoms with Crippen LogP contribution in [0.15, 0.2) is 72.8 Å². The van der Waals surface area contributed by atoms with Crippen molar-refractivity contribution in [3.05, 3.63) is 89.5 Å². The Balaban J connectivity index is 1.66. The fourth-order valence-corrected chi connectivity index (χ4v) is 2.78. The average Bonchev–Trinajstić information content (AvgIpc) is 2.59. The normalized spacial score (nSPS) is 10.4. The van der Waals surface area contributed by atoms with Crippen LogP contribution in [0.5, 0.6) is 0 Å². The maximum atomic E-state index is 12.3.